The molecule has 0 aliphatic heterocycles. The zero-order chi connectivity index (χ0) is 12.5. The monoisotopic (exact) mass is 300 g/mol. The van der Waals surface area contributed by atoms with Crippen LogP contribution in [0.4, 0.5) is 5.69 Å². The smallest absolute Gasteiger partial charge is 0.270 e. The summed E-state index contributed by atoms with van der Waals surface area (Å²) in [4.78, 5) is 10.3. The maximum absolute atomic E-state index is 10.7. The highest BCUT2D eigenvalue weighted by Crippen LogP contribution is 2.35. The van der Waals surface area contributed by atoms with Crippen LogP contribution in [0.3, 0.4) is 0 Å². The number of benzene rings is 1. The second kappa shape index (κ2) is 4.72. The molecule has 1 aromatic carbocycles. The molecule has 1 saturated carbocycles. The molecule has 0 bridgehead atoms. The van der Waals surface area contributed by atoms with E-state index in [1.807, 2.05) is 6.07 Å². The Balaban J connectivity index is 2.07. The van der Waals surface area contributed by atoms with Crippen molar-refractivity contribution in [3.05, 3.63) is 38.3 Å². The predicted octanol–water partition coefficient (Wildman–Crippen LogP) is 1.97. The minimum Gasteiger partial charge on any atom is -0.394 e. The Morgan fingerprint density at radius 3 is 2.71 bits per heavy atom. The van der Waals surface area contributed by atoms with E-state index in [2.05, 4.69) is 21.2 Å². The maximum atomic E-state index is 10.7. The summed E-state index contributed by atoms with van der Waals surface area (Å²) in [5, 5.41) is 23.1. The van der Waals surface area contributed by atoms with Crippen LogP contribution in [0.15, 0.2) is 22.7 Å². The molecular weight excluding hydrogens is 288 g/mol. The summed E-state index contributed by atoms with van der Waals surface area (Å²) in [6.45, 7) is 0.643. The van der Waals surface area contributed by atoms with Crippen LogP contribution in [-0.4, -0.2) is 22.2 Å². The quantitative estimate of drug-likeness (QED) is 0.644. The number of hydrogen-bond donors (Lipinski definition) is 2. The van der Waals surface area contributed by atoms with Crippen LogP contribution in [0.25, 0.3) is 0 Å². The molecule has 1 aromatic rings. The molecule has 0 radical (unpaired) electrons. The number of rotatable bonds is 5. The van der Waals surface area contributed by atoms with E-state index < -0.39 is 4.92 Å². The largest absolute Gasteiger partial charge is 0.394 e. The fraction of sp³-hybridized carbons (Fsp3) is 0.455. The van der Waals surface area contributed by atoms with Gasteiger partial charge in [-0.25, -0.2) is 0 Å². The molecule has 17 heavy (non-hydrogen) atoms. The standard InChI is InChI=1S/C11H13BrN2O3/c12-9-3-8(4-10(5-9)14(16)17)6-13-11(7-15)1-2-11/h3-5,13,15H,1-2,6-7H2. The van der Waals surface area contributed by atoms with Crippen molar-refractivity contribution in [2.45, 2.75) is 24.9 Å². The third kappa shape index (κ3) is 3.02. The van der Waals surface area contributed by atoms with Crippen LogP contribution in [-0.2, 0) is 6.54 Å². The van der Waals surface area contributed by atoms with Crippen LogP contribution < -0.4 is 5.32 Å². The van der Waals surface area contributed by atoms with E-state index in [-0.39, 0.29) is 17.8 Å². The molecule has 1 aliphatic carbocycles. The number of aliphatic hydroxyl groups is 1. The van der Waals surface area contributed by atoms with E-state index in [0.29, 0.717) is 11.0 Å². The van der Waals surface area contributed by atoms with Gasteiger partial charge in [-0.15, -0.1) is 0 Å². The van der Waals surface area contributed by atoms with Crippen molar-refractivity contribution < 1.29 is 10.0 Å². The summed E-state index contributed by atoms with van der Waals surface area (Å²) >= 11 is 3.25. The topological polar surface area (TPSA) is 75.4 Å². The van der Waals surface area contributed by atoms with Crippen molar-refractivity contribution in [1.29, 1.82) is 0 Å². The minimum absolute atomic E-state index is 0.0741. The molecule has 2 rings (SSSR count). The first-order valence-electron chi connectivity index (χ1n) is 5.34. The average molecular weight is 301 g/mol. The van der Waals surface area contributed by atoms with Gasteiger partial charge in [0, 0.05) is 28.7 Å². The second-order valence-electron chi connectivity index (χ2n) is 4.37. The van der Waals surface area contributed by atoms with E-state index in [9.17, 15) is 10.1 Å². The van der Waals surface area contributed by atoms with E-state index in [1.54, 1.807) is 6.07 Å². The van der Waals surface area contributed by atoms with E-state index in [4.69, 9.17) is 5.11 Å². The van der Waals surface area contributed by atoms with E-state index >= 15 is 0 Å². The first-order valence-corrected chi connectivity index (χ1v) is 6.14. The Bertz CT molecular complexity index is 446. The molecule has 0 heterocycles. The van der Waals surface area contributed by atoms with Crippen LogP contribution in [0.1, 0.15) is 18.4 Å². The normalized spacial score (nSPS) is 16.8. The summed E-state index contributed by atoms with van der Waals surface area (Å²) in [5.74, 6) is 0. The first-order chi connectivity index (χ1) is 8.04. The summed E-state index contributed by atoms with van der Waals surface area (Å²) in [6, 6.07) is 4.86. The number of halogens is 1. The molecule has 0 unspecified atom stereocenters. The molecule has 0 atom stereocenters. The van der Waals surface area contributed by atoms with Crippen molar-refractivity contribution in [2.75, 3.05) is 6.61 Å². The lowest BCUT2D eigenvalue weighted by atomic mass is 10.2. The number of nitro groups is 1. The molecule has 0 saturated heterocycles. The lowest BCUT2D eigenvalue weighted by Crippen LogP contribution is -2.34. The van der Waals surface area contributed by atoms with E-state index in [0.717, 1.165) is 18.4 Å². The summed E-state index contributed by atoms with van der Waals surface area (Å²) in [7, 11) is 0. The lowest BCUT2D eigenvalue weighted by molar-refractivity contribution is -0.385. The van der Waals surface area contributed by atoms with Crippen molar-refractivity contribution in [3.8, 4) is 0 Å². The van der Waals surface area contributed by atoms with Gasteiger partial charge in [-0.3, -0.25) is 10.1 Å². The minimum atomic E-state index is -0.410. The van der Waals surface area contributed by atoms with Crippen molar-refractivity contribution in [2.24, 2.45) is 0 Å². The molecular formula is C11H13BrN2O3. The van der Waals surface area contributed by atoms with Crippen LogP contribution in [0.5, 0.6) is 0 Å². The summed E-state index contributed by atoms with van der Waals surface area (Å²) in [5.41, 5.74) is 0.757. The van der Waals surface area contributed by atoms with Gasteiger partial charge in [0.2, 0.25) is 0 Å². The number of nitrogens with zero attached hydrogens (tertiary/aromatic N) is 1. The Kier molecular flexibility index (Phi) is 3.46. The molecule has 0 spiro atoms. The lowest BCUT2D eigenvalue weighted by Gasteiger charge is -2.14. The molecule has 1 fully saturated rings. The summed E-state index contributed by atoms with van der Waals surface area (Å²) < 4.78 is 0.692. The Morgan fingerprint density at radius 2 is 2.18 bits per heavy atom. The zero-order valence-electron chi connectivity index (χ0n) is 9.15. The first kappa shape index (κ1) is 12.5. The summed E-state index contributed by atoms with van der Waals surface area (Å²) in [6.07, 6.45) is 1.92. The second-order valence-corrected chi connectivity index (χ2v) is 5.28. The number of non-ortho nitro benzene ring substituents is 1. The molecule has 5 nitrogen and oxygen atoms in total. The maximum Gasteiger partial charge on any atom is 0.270 e. The Hall–Kier alpha value is -0.980. The fourth-order valence-electron chi connectivity index (χ4n) is 1.67. The SMILES string of the molecule is O=[N+]([O-])c1cc(Br)cc(CNC2(CO)CC2)c1. The molecule has 0 amide bonds. The number of aliphatic hydroxyl groups excluding tert-OH is 1. The van der Waals surface area contributed by atoms with Crippen molar-refractivity contribution in [3.63, 3.8) is 0 Å². The molecule has 1 aliphatic rings. The molecule has 0 aromatic heterocycles. The van der Waals surface area contributed by atoms with Gasteiger partial charge in [-0.2, -0.15) is 0 Å². The van der Waals surface area contributed by atoms with Gasteiger partial charge >= 0.3 is 0 Å². The van der Waals surface area contributed by atoms with Crippen molar-refractivity contribution >= 4 is 21.6 Å². The van der Waals surface area contributed by atoms with Gasteiger partial charge in [-0.1, -0.05) is 15.9 Å². The fourth-order valence-corrected chi connectivity index (χ4v) is 2.20. The van der Waals surface area contributed by atoms with Gasteiger partial charge in [0.25, 0.3) is 5.69 Å². The van der Waals surface area contributed by atoms with E-state index in [1.165, 1.54) is 6.07 Å². The highest BCUT2D eigenvalue weighted by molar-refractivity contribution is 9.10. The average Bonchev–Trinajstić information content (AvgIpc) is 3.06. The molecule has 2 N–H and O–H groups in total. The van der Waals surface area contributed by atoms with Gasteiger partial charge in [-0.05, 0) is 24.5 Å². The Labute approximate surface area is 107 Å². The highest BCUT2D eigenvalue weighted by Gasteiger charge is 2.41. The van der Waals surface area contributed by atoms with Gasteiger partial charge in [0.1, 0.15) is 0 Å². The predicted molar refractivity (Wildman–Crippen MR) is 66.7 cm³/mol. The molecule has 92 valence electrons. The third-order valence-electron chi connectivity index (χ3n) is 2.98. The number of nitrogens with one attached hydrogen (secondary N) is 1. The third-order valence-corrected chi connectivity index (χ3v) is 3.43. The Morgan fingerprint density at radius 1 is 1.47 bits per heavy atom. The van der Waals surface area contributed by atoms with Crippen LogP contribution >= 0.6 is 15.9 Å². The highest BCUT2D eigenvalue weighted by atomic mass is 79.9. The van der Waals surface area contributed by atoms with Gasteiger partial charge in [0.15, 0.2) is 0 Å². The number of nitro benzene ring substituents is 1. The van der Waals surface area contributed by atoms with Crippen molar-refractivity contribution in [1.82, 2.24) is 5.32 Å². The zero-order valence-corrected chi connectivity index (χ0v) is 10.7. The van der Waals surface area contributed by atoms with Crippen LogP contribution in [0, 0.1) is 10.1 Å². The van der Waals surface area contributed by atoms with Crippen LogP contribution in [0.2, 0.25) is 0 Å². The number of hydrogen-bond acceptors (Lipinski definition) is 4. The van der Waals surface area contributed by atoms with Gasteiger partial charge < -0.3 is 10.4 Å². The molecule has 6 heteroatoms. The van der Waals surface area contributed by atoms with Gasteiger partial charge in [0.05, 0.1) is 11.5 Å².